The topological polar surface area (TPSA) is 49.3 Å². The summed E-state index contributed by atoms with van der Waals surface area (Å²) >= 11 is 3.24. The Balaban J connectivity index is 2.47. The zero-order valence-corrected chi connectivity index (χ0v) is 10.2. The van der Waals surface area contributed by atoms with Gasteiger partial charge in [-0.05, 0) is 24.1 Å². The molecule has 0 aliphatic rings. The fraction of sp³-hybridized carbons (Fsp3) is 0.364. The molecular weight excluding hydrogens is 277 g/mol. The molecule has 0 heterocycles. The van der Waals surface area contributed by atoms with Gasteiger partial charge in [0.25, 0.3) is 0 Å². The molecule has 1 unspecified atom stereocenters. The lowest BCUT2D eigenvalue weighted by Gasteiger charge is -2.09. The molecule has 1 aromatic rings. The average molecular weight is 290 g/mol. The molecule has 0 bridgehead atoms. The molecule has 1 atom stereocenters. The summed E-state index contributed by atoms with van der Waals surface area (Å²) in [5.74, 6) is -0.474. The fourth-order valence-corrected chi connectivity index (χ4v) is 1.75. The smallest absolute Gasteiger partial charge is 0.234 e. The third-order valence-electron chi connectivity index (χ3n) is 2.02. The van der Waals surface area contributed by atoms with Crippen molar-refractivity contribution in [1.82, 2.24) is 5.32 Å². The van der Waals surface area contributed by atoms with Gasteiger partial charge in [-0.3, -0.25) is 4.79 Å². The highest BCUT2D eigenvalue weighted by Crippen LogP contribution is 2.11. The van der Waals surface area contributed by atoms with E-state index in [1.165, 1.54) is 12.1 Å². The Labute approximate surface area is 102 Å². The fourth-order valence-electron chi connectivity index (χ4n) is 1.21. The monoisotopic (exact) mass is 289 g/mol. The third-order valence-corrected chi connectivity index (χ3v) is 2.76. The molecule has 0 aliphatic heterocycles. The number of hydrogen-bond donors (Lipinski definition) is 2. The summed E-state index contributed by atoms with van der Waals surface area (Å²) < 4.78 is 12.6. The van der Waals surface area contributed by atoms with Crippen LogP contribution < -0.4 is 5.32 Å². The van der Waals surface area contributed by atoms with Crippen LogP contribution in [-0.4, -0.2) is 29.0 Å². The molecule has 88 valence electrons. The molecule has 1 aromatic carbocycles. The minimum absolute atomic E-state index is 0.0813. The first-order chi connectivity index (χ1) is 7.63. The van der Waals surface area contributed by atoms with Crippen molar-refractivity contribution in [3.05, 3.63) is 35.6 Å². The number of aliphatic hydroxyl groups excluding tert-OH is 1. The van der Waals surface area contributed by atoms with Gasteiger partial charge >= 0.3 is 0 Å². The van der Waals surface area contributed by atoms with Crippen molar-refractivity contribution in [3.8, 4) is 0 Å². The molecule has 0 saturated heterocycles. The lowest BCUT2D eigenvalue weighted by atomic mass is 10.1. The summed E-state index contributed by atoms with van der Waals surface area (Å²) in [7, 11) is 0. The van der Waals surface area contributed by atoms with E-state index >= 15 is 0 Å². The van der Waals surface area contributed by atoms with Gasteiger partial charge in [-0.1, -0.05) is 28.1 Å². The molecular formula is C11H13BrFNO2. The van der Waals surface area contributed by atoms with E-state index < -0.39 is 0 Å². The number of halogens is 2. The number of aliphatic hydroxyl groups is 1. The van der Waals surface area contributed by atoms with Gasteiger partial charge in [0.05, 0.1) is 11.4 Å². The molecule has 3 nitrogen and oxygen atoms in total. The number of carbonyl (C=O) groups is 1. The molecule has 0 spiro atoms. The van der Waals surface area contributed by atoms with Gasteiger partial charge in [0.1, 0.15) is 5.82 Å². The van der Waals surface area contributed by atoms with Crippen LogP contribution >= 0.6 is 15.9 Å². The van der Waals surface area contributed by atoms with Gasteiger partial charge in [-0.2, -0.15) is 0 Å². The van der Waals surface area contributed by atoms with Gasteiger partial charge in [-0.15, -0.1) is 0 Å². The van der Waals surface area contributed by atoms with Crippen LogP contribution in [0.25, 0.3) is 0 Å². The second-order valence-corrected chi connectivity index (χ2v) is 4.42. The van der Waals surface area contributed by atoms with Gasteiger partial charge < -0.3 is 10.4 Å². The summed E-state index contributed by atoms with van der Waals surface area (Å²) in [6, 6.07) is 6.01. The Morgan fingerprint density at radius 2 is 2.06 bits per heavy atom. The summed E-state index contributed by atoms with van der Waals surface area (Å²) in [6.45, 7) is 0.159. The number of amides is 1. The molecule has 0 aliphatic carbocycles. The SMILES string of the molecule is O=C(NCCO)C(Br)Cc1ccc(F)cc1. The Morgan fingerprint density at radius 3 is 2.62 bits per heavy atom. The number of hydrogen-bond acceptors (Lipinski definition) is 2. The van der Waals surface area contributed by atoms with E-state index in [-0.39, 0.29) is 29.7 Å². The lowest BCUT2D eigenvalue weighted by molar-refractivity contribution is -0.120. The number of nitrogens with one attached hydrogen (secondary N) is 1. The zero-order valence-electron chi connectivity index (χ0n) is 8.62. The maximum atomic E-state index is 12.6. The molecule has 1 rings (SSSR count). The summed E-state index contributed by atoms with van der Waals surface area (Å²) in [5, 5.41) is 11.1. The van der Waals surface area contributed by atoms with Crippen molar-refractivity contribution in [2.45, 2.75) is 11.2 Å². The van der Waals surface area contributed by atoms with Crippen LogP contribution in [-0.2, 0) is 11.2 Å². The Hall–Kier alpha value is -0.940. The minimum atomic E-state index is -0.371. The normalized spacial score (nSPS) is 12.2. The van der Waals surface area contributed by atoms with Crippen molar-refractivity contribution in [3.63, 3.8) is 0 Å². The molecule has 0 fully saturated rings. The van der Waals surface area contributed by atoms with E-state index in [0.29, 0.717) is 6.42 Å². The second-order valence-electron chi connectivity index (χ2n) is 3.31. The third kappa shape index (κ3) is 4.28. The van der Waals surface area contributed by atoms with Crippen LogP contribution in [0.15, 0.2) is 24.3 Å². The molecule has 0 saturated carbocycles. The quantitative estimate of drug-likeness (QED) is 0.802. The molecule has 1 amide bonds. The van der Waals surface area contributed by atoms with Crippen molar-refractivity contribution >= 4 is 21.8 Å². The number of rotatable bonds is 5. The Morgan fingerprint density at radius 1 is 1.44 bits per heavy atom. The van der Waals surface area contributed by atoms with E-state index in [1.54, 1.807) is 12.1 Å². The predicted octanol–water partition coefficient (Wildman–Crippen LogP) is 1.24. The first-order valence-electron chi connectivity index (χ1n) is 4.90. The molecule has 5 heteroatoms. The van der Waals surface area contributed by atoms with Crippen molar-refractivity contribution in [2.75, 3.05) is 13.2 Å². The summed E-state index contributed by atoms with van der Waals surface area (Å²) in [5.41, 5.74) is 0.877. The van der Waals surface area contributed by atoms with Gasteiger partial charge in [-0.25, -0.2) is 4.39 Å². The molecule has 2 N–H and O–H groups in total. The van der Waals surface area contributed by atoms with E-state index in [0.717, 1.165) is 5.56 Å². The molecule has 16 heavy (non-hydrogen) atoms. The predicted molar refractivity (Wildman–Crippen MR) is 62.9 cm³/mol. The van der Waals surface area contributed by atoms with Crippen molar-refractivity contribution in [2.24, 2.45) is 0 Å². The standard InChI is InChI=1S/C11H13BrFNO2/c12-10(11(16)14-5-6-15)7-8-1-3-9(13)4-2-8/h1-4,10,15H,5-7H2,(H,14,16). The average Bonchev–Trinajstić information content (AvgIpc) is 2.29. The maximum absolute atomic E-state index is 12.6. The summed E-state index contributed by atoms with van der Waals surface area (Å²) in [6.07, 6.45) is 0.484. The van der Waals surface area contributed by atoms with Crippen LogP contribution in [0.4, 0.5) is 4.39 Å². The first-order valence-corrected chi connectivity index (χ1v) is 5.82. The van der Waals surface area contributed by atoms with E-state index in [1.807, 2.05) is 0 Å². The van der Waals surface area contributed by atoms with E-state index in [9.17, 15) is 9.18 Å². The van der Waals surface area contributed by atoms with Crippen LogP contribution in [0.1, 0.15) is 5.56 Å². The van der Waals surface area contributed by atoms with Gasteiger partial charge in [0.2, 0.25) is 5.91 Å². The van der Waals surface area contributed by atoms with E-state index in [4.69, 9.17) is 5.11 Å². The number of benzene rings is 1. The van der Waals surface area contributed by atoms with Crippen LogP contribution in [0.5, 0.6) is 0 Å². The van der Waals surface area contributed by atoms with Crippen molar-refractivity contribution in [1.29, 1.82) is 0 Å². The largest absolute Gasteiger partial charge is 0.395 e. The van der Waals surface area contributed by atoms with E-state index in [2.05, 4.69) is 21.2 Å². The van der Waals surface area contributed by atoms with Crippen molar-refractivity contribution < 1.29 is 14.3 Å². The van der Waals surface area contributed by atoms with Crippen LogP contribution in [0.3, 0.4) is 0 Å². The Kier molecular flexibility index (Phi) is 5.42. The minimum Gasteiger partial charge on any atom is -0.395 e. The maximum Gasteiger partial charge on any atom is 0.234 e. The lowest BCUT2D eigenvalue weighted by Crippen LogP contribution is -2.34. The number of alkyl halides is 1. The first kappa shape index (κ1) is 13.1. The Bertz CT molecular complexity index is 342. The highest BCUT2D eigenvalue weighted by Gasteiger charge is 2.14. The van der Waals surface area contributed by atoms with Gasteiger partial charge in [0, 0.05) is 6.54 Å². The summed E-state index contributed by atoms with van der Waals surface area (Å²) in [4.78, 5) is 11.1. The molecule has 0 radical (unpaired) electrons. The zero-order chi connectivity index (χ0) is 12.0. The van der Waals surface area contributed by atoms with Gasteiger partial charge in [0.15, 0.2) is 0 Å². The van der Waals surface area contributed by atoms with Crippen LogP contribution in [0.2, 0.25) is 0 Å². The highest BCUT2D eigenvalue weighted by atomic mass is 79.9. The number of carbonyl (C=O) groups excluding carboxylic acids is 1. The second kappa shape index (κ2) is 6.60. The van der Waals surface area contributed by atoms with Crippen LogP contribution in [0, 0.1) is 5.82 Å². The highest BCUT2D eigenvalue weighted by molar-refractivity contribution is 9.10. The molecule has 0 aromatic heterocycles.